The molecular weight excluding hydrogens is 790 g/mol. The van der Waals surface area contributed by atoms with Gasteiger partial charge in [-0.1, -0.05) is 29.4 Å². The summed E-state index contributed by atoms with van der Waals surface area (Å²) in [7, 11) is -3.43. The molecule has 0 fully saturated rings. The number of hydrogen-bond acceptors (Lipinski definition) is 10. The van der Waals surface area contributed by atoms with E-state index in [0.29, 0.717) is 22.5 Å². The number of hydrogen-bond donors (Lipinski definition) is 2. The highest BCUT2D eigenvalue weighted by Gasteiger charge is 2.43. The van der Waals surface area contributed by atoms with Gasteiger partial charge in [-0.3, -0.25) is 14.9 Å². The summed E-state index contributed by atoms with van der Waals surface area (Å²) in [5.41, 5.74) is 0.227. The molecule has 0 bridgehead atoms. The van der Waals surface area contributed by atoms with Crippen LogP contribution in [0.25, 0.3) is 0 Å². The SMILES string of the molecule is COC(=O)[C@@H]1CC(C)=CCN1C(=O)[C@H](CC1=CCCN(C(=NC(=O)OC(C)(C)C)NC(=O)OC(C)(C)C)C1)NS(=O)(=O)c1ccc2c(c1)CN(C(=O)C(F)(F)F)CC2. The maximum Gasteiger partial charge on any atom is 0.471 e. The number of benzene rings is 1. The van der Waals surface area contributed by atoms with E-state index in [-0.39, 0.29) is 61.9 Å². The van der Waals surface area contributed by atoms with Crippen LogP contribution in [0.5, 0.6) is 0 Å². The van der Waals surface area contributed by atoms with Gasteiger partial charge in [-0.05, 0) is 97.4 Å². The highest BCUT2D eigenvalue weighted by molar-refractivity contribution is 7.89. The lowest BCUT2D eigenvalue weighted by molar-refractivity contribution is -0.186. The van der Waals surface area contributed by atoms with Crippen molar-refractivity contribution in [2.24, 2.45) is 4.99 Å². The Morgan fingerprint density at radius 1 is 0.931 bits per heavy atom. The highest BCUT2D eigenvalue weighted by atomic mass is 32.2. The molecule has 4 rings (SSSR count). The summed E-state index contributed by atoms with van der Waals surface area (Å²) in [6.07, 6.45) is -3.29. The molecule has 4 amide bonds. The molecule has 0 radical (unpaired) electrons. The fraction of sp³-hybridized carbons (Fsp3) is 0.579. The third-order valence-electron chi connectivity index (χ3n) is 9.11. The van der Waals surface area contributed by atoms with Gasteiger partial charge in [0.15, 0.2) is 0 Å². The van der Waals surface area contributed by atoms with Gasteiger partial charge in [0.25, 0.3) is 0 Å². The predicted molar refractivity (Wildman–Crippen MR) is 204 cm³/mol. The lowest BCUT2D eigenvalue weighted by atomic mass is 9.97. The van der Waals surface area contributed by atoms with Crippen molar-refractivity contribution in [3.63, 3.8) is 0 Å². The van der Waals surface area contributed by atoms with Gasteiger partial charge in [0.2, 0.25) is 21.9 Å². The van der Waals surface area contributed by atoms with Crippen molar-refractivity contribution in [1.29, 1.82) is 0 Å². The molecule has 3 aliphatic heterocycles. The van der Waals surface area contributed by atoms with Gasteiger partial charge in [0.1, 0.15) is 23.3 Å². The van der Waals surface area contributed by atoms with Crippen LogP contribution in [-0.2, 0) is 51.6 Å². The maximum atomic E-state index is 14.4. The Kier molecular flexibility index (Phi) is 14.1. The molecular formula is C38H51F3N6O10S. The van der Waals surface area contributed by atoms with E-state index in [1.165, 1.54) is 35.1 Å². The zero-order valence-electron chi connectivity index (χ0n) is 33.8. The molecule has 0 aliphatic carbocycles. The van der Waals surface area contributed by atoms with Gasteiger partial charge >= 0.3 is 30.2 Å². The molecule has 3 heterocycles. The number of halogens is 3. The fourth-order valence-electron chi connectivity index (χ4n) is 6.51. The van der Waals surface area contributed by atoms with Gasteiger partial charge in [0.05, 0.1) is 12.0 Å². The van der Waals surface area contributed by atoms with E-state index < -0.39 is 76.0 Å². The van der Waals surface area contributed by atoms with Gasteiger partial charge < -0.3 is 28.9 Å². The van der Waals surface area contributed by atoms with E-state index in [2.05, 4.69) is 15.0 Å². The van der Waals surface area contributed by atoms with Crippen LogP contribution in [0.4, 0.5) is 22.8 Å². The lowest BCUT2D eigenvalue weighted by Crippen LogP contribution is -2.55. The number of methoxy groups -OCH3 is 1. The number of esters is 1. The van der Waals surface area contributed by atoms with Crippen molar-refractivity contribution in [2.75, 3.05) is 33.3 Å². The number of amides is 4. The van der Waals surface area contributed by atoms with Crippen molar-refractivity contribution in [2.45, 2.75) is 115 Å². The minimum atomic E-state index is -5.11. The maximum absolute atomic E-state index is 14.4. The van der Waals surface area contributed by atoms with Crippen LogP contribution >= 0.6 is 0 Å². The molecule has 2 atom stereocenters. The molecule has 0 saturated carbocycles. The summed E-state index contributed by atoms with van der Waals surface area (Å²) < 4.78 is 86.1. The molecule has 1 aromatic rings. The molecule has 2 N–H and O–H groups in total. The first-order chi connectivity index (χ1) is 26.8. The molecule has 58 heavy (non-hydrogen) atoms. The normalized spacial score (nSPS) is 18.6. The van der Waals surface area contributed by atoms with E-state index >= 15 is 0 Å². The van der Waals surface area contributed by atoms with Crippen molar-refractivity contribution < 1.29 is 59.8 Å². The summed E-state index contributed by atoms with van der Waals surface area (Å²) in [6, 6.07) is 1.27. The van der Waals surface area contributed by atoms with E-state index in [0.717, 1.165) is 5.57 Å². The van der Waals surface area contributed by atoms with Crippen LogP contribution in [-0.4, -0.2) is 122 Å². The van der Waals surface area contributed by atoms with Gasteiger partial charge in [-0.15, -0.1) is 4.99 Å². The Hall–Kier alpha value is -4.98. The number of carbonyl (C=O) groups excluding carboxylic acids is 5. The number of nitrogens with one attached hydrogen (secondary N) is 2. The second-order valence-corrected chi connectivity index (χ2v) is 17.9. The summed E-state index contributed by atoms with van der Waals surface area (Å²) >= 11 is 0. The fourth-order valence-corrected chi connectivity index (χ4v) is 7.75. The third-order valence-corrected chi connectivity index (χ3v) is 10.6. The van der Waals surface area contributed by atoms with Crippen LogP contribution in [0, 0.1) is 0 Å². The average Bonchev–Trinajstić information content (AvgIpc) is 3.11. The monoisotopic (exact) mass is 840 g/mol. The van der Waals surface area contributed by atoms with Crippen LogP contribution in [0.2, 0.25) is 0 Å². The zero-order chi connectivity index (χ0) is 43.4. The van der Waals surface area contributed by atoms with Gasteiger partial charge in [-0.2, -0.15) is 17.9 Å². The first kappa shape index (κ1) is 45.7. The van der Waals surface area contributed by atoms with Crippen LogP contribution in [0.15, 0.2) is 51.4 Å². The van der Waals surface area contributed by atoms with Crippen molar-refractivity contribution in [3.8, 4) is 0 Å². The van der Waals surface area contributed by atoms with E-state index in [1.54, 1.807) is 60.6 Å². The highest BCUT2D eigenvalue weighted by Crippen LogP contribution is 2.28. The number of alkyl halides is 3. The molecule has 320 valence electrons. The Morgan fingerprint density at radius 2 is 1.60 bits per heavy atom. The number of fused-ring (bicyclic) bond motifs is 1. The molecule has 3 aliphatic rings. The third kappa shape index (κ3) is 12.5. The summed E-state index contributed by atoms with van der Waals surface area (Å²) in [5, 5.41) is 2.50. The van der Waals surface area contributed by atoms with E-state index in [1.807, 2.05) is 0 Å². The number of guanidine groups is 1. The Balaban J connectivity index is 1.68. The second kappa shape index (κ2) is 17.9. The van der Waals surface area contributed by atoms with Crippen LogP contribution in [0.1, 0.15) is 78.9 Å². The van der Waals surface area contributed by atoms with Crippen molar-refractivity contribution in [3.05, 3.63) is 52.6 Å². The predicted octanol–water partition coefficient (Wildman–Crippen LogP) is 4.34. The smallest absolute Gasteiger partial charge is 0.467 e. The Bertz CT molecular complexity index is 1990. The number of alkyl carbamates (subject to hydrolysis) is 1. The molecule has 0 unspecified atom stereocenters. The van der Waals surface area contributed by atoms with E-state index in [9.17, 15) is 45.6 Å². The van der Waals surface area contributed by atoms with Crippen molar-refractivity contribution >= 4 is 46.0 Å². The second-order valence-electron chi connectivity index (χ2n) is 16.2. The number of carbonyl (C=O) groups is 5. The summed E-state index contributed by atoms with van der Waals surface area (Å²) in [4.78, 5) is 72.0. The summed E-state index contributed by atoms with van der Waals surface area (Å²) in [6.45, 7) is 11.1. The number of aliphatic imine (C=N–C) groups is 1. The standard InChI is InChI=1S/C38H51F3N6O10S/c1-23-13-17-47(29(18-23)31(49)55-8)30(48)28(44-58(53,54)27-12-11-25-14-16-45(22-26(25)20-27)32(50)38(39,40)41)19-24-10-9-15-46(21-24)33(42-34(51)56-36(2,3)4)43-35(52)57-37(5,6)7/h10-13,20,28-29,44H,9,14-19,21-22H2,1-8H3,(H,42,43,51,52)/t28-,29-/m0/s1. The molecule has 20 heteroatoms. The molecule has 0 spiro atoms. The average molecular weight is 841 g/mol. The first-order valence-corrected chi connectivity index (χ1v) is 20.0. The van der Waals surface area contributed by atoms with Crippen LogP contribution < -0.4 is 10.0 Å². The quantitative estimate of drug-likeness (QED) is 0.131. The topological polar surface area (TPSA) is 193 Å². The van der Waals surface area contributed by atoms with Crippen LogP contribution in [0.3, 0.4) is 0 Å². The molecule has 0 saturated heterocycles. The molecule has 1 aromatic carbocycles. The largest absolute Gasteiger partial charge is 0.471 e. The minimum Gasteiger partial charge on any atom is -0.467 e. The number of sulfonamides is 1. The number of rotatable bonds is 7. The summed E-state index contributed by atoms with van der Waals surface area (Å²) in [5.74, 6) is -3.74. The number of ether oxygens (including phenoxy) is 3. The molecule has 16 nitrogen and oxygen atoms in total. The minimum absolute atomic E-state index is 0.0394. The zero-order valence-corrected chi connectivity index (χ0v) is 34.6. The Morgan fingerprint density at radius 3 is 2.22 bits per heavy atom. The first-order valence-electron chi connectivity index (χ1n) is 18.5. The lowest BCUT2D eigenvalue weighted by Gasteiger charge is -2.36. The Labute approximate surface area is 335 Å². The van der Waals surface area contributed by atoms with E-state index in [4.69, 9.17) is 14.2 Å². The van der Waals surface area contributed by atoms with Crippen molar-refractivity contribution in [1.82, 2.24) is 24.7 Å². The van der Waals surface area contributed by atoms with Gasteiger partial charge in [-0.25, -0.2) is 22.8 Å². The van der Waals surface area contributed by atoms with Gasteiger partial charge in [0, 0.05) is 32.7 Å². The molecule has 0 aromatic heterocycles. The number of nitrogens with zero attached hydrogens (tertiary/aromatic N) is 4.